The summed E-state index contributed by atoms with van der Waals surface area (Å²) in [5.74, 6) is 0.338. The minimum atomic E-state index is -0.596. The lowest BCUT2D eigenvalue weighted by Crippen LogP contribution is -2.25. The Balaban J connectivity index is 1.83. The summed E-state index contributed by atoms with van der Waals surface area (Å²) in [6, 6.07) is 7.15. The zero-order valence-corrected chi connectivity index (χ0v) is 16.9. The van der Waals surface area contributed by atoms with E-state index in [2.05, 4.69) is 27.5 Å². The van der Waals surface area contributed by atoms with Crippen LogP contribution in [0.1, 0.15) is 35.0 Å². The van der Waals surface area contributed by atoms with E-state index >= 15 is 0 Å². The van der Waals surface area contributed by atoms with Crippen molar-refractivity contribution in [2.75, 3.05) is 11.1 Å². The summed E-state index contributed by atoms with van der Waals surface area (Å²) in [5.41, 5.74) is 2.41. The lowest BCUT2D eigenvalue weighted by molar-refractivity contribution is 0.101. The fourth-order valence-corrected chi connectivity index (χ4v) is 3.91. The summed E-state index contributed by atoms with van der Waals surface area (Å²) >= 11 is 2.86. The molecule has 0 aliphatic carbocycles. The first kappa shape index (κ1) is 19.2. The second-order valence-corrected chi connectivity index (χ2v) is 8.24. The number of amides is 1. The van der Waals surface area contributed by atoms with E-state index in [1.807, 2.05) is 32.0 Å². The third kappa shape index (κ3) is 4.61. The Morgan fingerprint density at radius 2 is 2.04 bits per heavy atom. The molecule has 140 valence electrons. The van der Waals surface area contributed by atoms with E-state index in [1.165, 1.54) is 22.1 Å². The minimum absolute atomic E-state index is 0.186. The van der Waals surface area contributed by atoms with Crippen molar-refractivity contribution in [3.8, 4) is 5.69 Å². The molecule has 7 nitrogen and oxygen atoms in total. The van der Waals surface area contributed by atoms with E-state index in [-0.39, 0.29) is 5.69 Å². The van der Waals surface area contributed by atoms with E-state index in [0.29, 0.717) is 5.13 Å². The van der Waals surface area contributed by atoms with Crippen LogP contribution >= 0.6 is 23.1 Å². The number of nitrogens with zero attached hydrogens (tertiary/aromatic N) is 4. The Hall–Kier alpha value is -2.52. The molecule has 0 spiro atoms. The van der Waals surface area contributed by atoms with Crippen LogP contribution in [0.5, 0.6) is 0 Å². The standard InChI is InChI=1S/C18H19N5O2S2/c1-4-9-26-18-21-20-17(27-18)19-16(25)15-14(24)7-8-23(22-15)13-6-5-11(2)12(3)10-13/h5-8,10H,4,9H2,1-3H3,(H,19,20,25). The molecular formula is C18H19N5O2S2. The summed E-state index contributed by atoms with van der Waals surface area (Å²) in [4.78, 5) is 24.6. The Kier molecular flexibility index (Phi) is 6.02. The molecule has 2 aromatic heterocycles. The van der Waals surface area contributed by atoms with E-state index in [1.54, 1.807) is 18.0 Å². The molecule has 27 heavy (non-hydrogen) atoms. The van der Waals surface area contributed by atoms with Crippen molar-refractivity contribution in [1.82, 2.24) is 20.0 Å². The van der Waals surface area contributed by atoms with Crippen LogP contribution in [0.25, 0.3) is 5.69 Å². The van der Waals surface area contributed by atoms with Crippen molar-refractivity contribution >= 4 is 34.1 Å². The molecule has 0 saturated heterocycles. The van der Waals surface area contributed by atoms with Gasteiger partial charge in [0.2, 0.25) is 10.6 Å². The number of rotatable bonds is 6. The third-order valence-electron chi connectivity index (χ3n) is 3.83. The number of hydrogen-bond donors (Lipinski definition) is 1. The average Bonchev–Trinajstić information content (AvgIpc) is 3.10. The van der Waals surface area contributed by atoms with Crippen LogP contribution in [0.4, 0.5) is 5.13 Å². The van der Waals surface area contributed by atoms with Gasteiger partial charge in [-0.25, -0.2) is 4.68 Å². The zero-order chi connectivity index (χ0) is 19.4. The van der Waals surface area contributed by atoms with Crippen LogP contribution in [0.15, 0.2) is 39.6 Å². The monoisotopic (exact) mass is 401 g/mol. The van der Waals surface area contributed by atoms with Crippen molar-refractivity contribution < 1.29 is 4.79 Å². The maximum atomic E-state index is 12.5. The number of carbonyl (C=O) groups is 1. The molecule has 0 saturated carbocycles. The van der Waals surface area contributed by atoms with Gasteiger partial charge in [0.05, 0.1) is 5.69 Å². The number of anilines is 1. The van der Waals surface area contributed by atoms with Crippen molar-refractivity contribution in [3.05, 3.63) is 57.5 Å². The number of nitrogens with one attached hydrogen (secondary N) is 1. The summed E-state index contributed by atoms with van der Waals surface area (Å²) in [6.07, 6.45) is 2.57. The van der Waals surface area contributed by atoms with Gasteiger partial charge in [0.15, 0.2) is 10.0 Å². The van der Waals surface area contributed by atoms with Gasteiger partial charge in [-0.2, -0.15) is 5.10 Å². The van der Waals surface area contributed by atoms with Crippen molar-refractivity contribution in [3.63, 3.8) is 0 Å². The maximum absolute atomic E-state index is 12.5. The molecule has 9 heteroatoms. The molecule has 1 aromatic carbocycles. The van der Waals surface area contributed by atoms with Gasteiger partial charge in [-0.3, -0.25) is 14.9 Å². The van der Waals surface area contributed by atoms with Crippen LogP contribution in [0.2, 0.25) is 0 Å². The number of benzene rings is 1. The number of hydrogen-bond acceptors (Lipinski definition) is 7. The van der Waals surface area contributed by atoms with E-state index in [9.17, 15) is 9.59 Å². The van der Waals surface area contributed by atoms with Crippen LogP contribution in [0, 0.1) is 13.8 Å². The number of aromatic nitrogens is 4. The molecule has 0 atom stereocenters. The molecule has 3 aromatic rings. The lowest BCUT2D eigenvalue weighted by Gasteiger charge is -2.09. The molecule has 1 N–H and O–H groups in total. The predicted octanol–water partition coefficient (Wildman–Crippen LogP) is 3.46. The molecule has 0 unspecified atom stereocenters. The van der Waals surface area contributed by atoms with E-state index in [0.717, 1.165) is 33.3 Å². The SMILES string of the molecule is CCCSc1nnc(NC(=O)c2nn(-c3ccc(C)c(C)c3)ccc2=O)s1. The highest BCUT2D eigenvalue weighted by atomic mass is 32.2. The highest BCUT2D eigenvalue weighted by Crippen LogP contribution is 2.25. The normalized spacial score (nSPS) is 10.8. The summed E-state index contributed by atoms with van der Waals surface area (Å²) in [5, 5.41) is 15.1. The van der Waals surface area contributed by atoms with Gasteiger partial charge < -0.3 is 0 Å². The Labute approximate surface area is 164 Å². The van der Waals surface area contributed by atoms with Crippen molar-refractivity contribution in [2.45, 2.75) is 31.5 Å². The zero-order valence-electron chi connectivity index (χ0n) is 15.2. The van der Waals surface area contributed by atoms with Gasteiger partial charge in [-0.1, -0.05) is 36.1 Å². The Bertz CT molecular complexity index is 1030. The van der Waals surface area contributed by atoms with Gasteiger partial charge in [0.1, 0.15) is 0 Å². The predicted molar refractivity (Wildman–Crippen MR) is 108 cm³/mol. The molecule has 1 amide bonds. The quantitative estimate of drug-likeness (QED) is 0.503. The molecule has 3 rings (SSSR count). The molecule has 0 aliphatic rings. The summed E-state index contributed by atoms with van der Waals surface area (Å²) in [6.45, 7) is 6.10. The van der Waals surface area contributed by atoms with Crippen LogP contribution in [0.3, 0.4) is 0 Å². The van der Waals surface area contributed by atoms with E-state index in [4.69, 9.17) is 0 Å². The summed E-state index contributed by atoms with van der Waals surface area (Å²) in [7, 11) is 0. The molecule has 0 radical (unpaired) electrons. The molecular weight excluding hydrogens is 382 g/mol. The summed E-state index contributed by atoms with van der Waals surface area (Å²) < 4.78 is 2.30. The second kappa shape index (κ2) is 8.45. The molecule has 0 bridgehead atoms. The number of carbonyl (C=O) groups excluding carboxylic acids is 1. The van der Waals surface area contributed by atoms with Crippen LogP contribution < -0.4 is 10.7 Å². The smallest absolute Gasteiger partial charge is 0.282 e. The number of aryl methyl sites for hydroxylation is 2. The fraction of sp³-hybridized carbons (Fsp3) is 0.278. The minimum Gasteiger partial charge on any atom is -0.295 e. The van der Waals surface area contributed by atoms with Gasteiger partial charge in [-0.05, 0) is 43.5 Å². The van der Waals surface area contributed by atoms with Crippen LogP contribution in [-0.4, -0.2) is 31.6 Å². The molecule has 0 aliphatic heterocycles. The molecule has 0 fully saturated rings. The maximum Gasteiger partial charge on any atom is 0.282 e. The van der Waals surface area contributed by atoms with Crippen LogP contribution in [-0.2, 0) is 0 Å². The van der Waals surface area contributed by atoms with Crippen molar-refractivity contribution in [1.29, 1.82) is 0 Å². The van der Waals surface area contributed by atoms with Gasteiger partial charge in [-0.15, -0.1) is 10.2 Å². The second-order valence-electron chi connectivity index (χ2n) is 5.92. The Morgan fingerprint density at radius 1 is 1.22 bits per heavy atom. The van der Waals surface area contributed by atoms with Gasteiger partial charge in [0.25, 0.3) is 5.91 Å². The number of thioether (sulfide) groups is 1. The van der Waals surface area contributed by atoms with Gasteiger partial charge >= 0.3 is 0 Å². The van der Waals surface area contributed by atoms with Gasteiger partial charge in [0, 0.05) is 18.0 Å². The largest absolute Gasteiger partial charge is 0.295 e. The van der Waals surface area contributed by atoms with E-state index < -0.39 is 11.3 Å². The third-order valence-corrected chi connectivity index (χ3v) is 6.01. The highest BCUT2D eigenvalue weighted by Gasteiger charge is 2.16. The Morgan fingerprint density at radius 3 is 2.78 bits per heavy atom. The first-order valence-electron chi connectivity index (χ1n) is 8.43. The topological polar surface area (TPSA) is 89.8 Å². The lowest BCUT2D eigenvalue weighted by atomic mass is 10.1. The fourth-order valence-electron chi connectivity index (χ4n) is 2.24. The van der Waals surface area contributed by atoms with Crippen molar-refractivity contribution in [2.24, 2.45) is 0 Å². The first-order valence-corrected chi connectivity index (χ1v) is 10.2. The highest BCUT2D eigenvalue weighted by molar-refractivity contribution is 8.01. The first-order chi connectivity index (χ1) is 13.0. The molecule has 2 heterocycles. The average molecular weight is 402 g/mol.